The van der Waals surface area contributed by atoms with Gasteiger partial charge in [-0.05, 0) is 20.0 Å². The Bertz CT molecular complexity index is 330. The standard InChI is InChI=1S/C9H12FN3O/c1-6(11-2)9(14)13-8-3-4-12-5-7(8)10/h3-6,11H,1-2H3,(H,12,13,14). The van der Waals surface area contributed by atoms with E-state index in [1.165, 1.54) is 12.3 Å². The molecule has 0 aromatic carbocycles. The minimum Gasteiger partial charge on any atom is -0.322 e. The molecule has 1 amide bonds. The van der Waals surface area contributed by atoms with Crippen molar-refractivity contribution in [2.75, 3.05) is 12.4 Å². The first-order valence-electron chi connectivity index (χ1n) is 4.22. The maximum Gasteiger partial charge on any atom is 0.241 e. The molecule has 0 aliphatic heterocycles. The molecule has 1 rings (SSSR count). The fraction of sp³-hybridized carbons (Fsp3) is 0.333. The van der Waals surface area contributed by atoms with E-state index in [2.05, 4.69) is 15.6 Å². The lowest BCUT2D eigenvalue weighted by Crippen LogP contribution is -2.35. The zero-order chi connectivity index (χ0) is 10.6. The van der Waals surface area contributed by atoms with E-state index in [-0.39, 0.29) is 17.6 Å². The fourth-order valence-corrected chi connectivity index (χ4v) is 0.849. The number of aromatic nitrogens is 1. The van der Waals surface area contributed by atoms with Crippen molar-refractivity contribution in [2.24, 2.45) is 0 Å². The monoisotopic (exact) mass is 197 g/mol. The van der Waals surface area contributed by atoms with Gasteiger partial charge in [-0.2, -0.15) is 0 Å². The van der Waals surface area contributed by atoms with Crippen molar-refractivity contribution in [3.63, 3.8) is 0 Å². The van der Waals surface area contributed by atoms with Gasteiger partial charge in [-0.3, -0.25) is 9.78 Å². The van der Waals surface area contributed by atoms with E-state index < -0.39 is 5.82 Å². The average molecular weight is 197 g/mol. The summed E-state index contributed by atoms with van der Waals surface area (Å²) < 4.78 is 13.0. The third kappa shape index (κ3) is 2.50. The second-order valence-electron chi connectivity index (χ2n) is 2.86. The van der Waals surface area contributed by atoms with E-state index in [9.17, 15) is 9.18 Å². The topological polar surface area (TPSA) is 54.0 Å². The van der Waals surface area contributed by atoms with Gasteiger partial charge in [-0.15, -0.1) is 0 Å². The molecule has 0 bridgehead atoms. The molecule has 1 unspecified atom stereocenters. The highest BCUT2D eigenvalue weighted by Crippen LogP contribution is 2.10. The Balaban J connectivity index is 2.70. The summed E-state index contributed by atoms with van der Waals surface area (Å²) in [6, 6.07) is 1.05. The number of carbonyl (C=O) groups excluding carboxylic acids is 1. The van der Waals surface area contributed by atoms with Crippen LogP contribution in [0.2, 0.25) is 0 Å². The number of hydrogen-bond acceptors (Lipinski definition) is 3. The Morgan fingerprint density at radius 1 is 1.64 bits per heavy atom. The lowest BCUT2D eigenvalue weighted by molar-refractivity contribution is -0.117. The molecule has 2 N–H and O–H groups in total. The van der Waals surface area contributed by atoms with Crippen LogP contribution in [-0.2, 0) is 4.79 Å². The molecule has 5 heteroatoms. The fourth-order valence-electron chi connectivity index (χ4n) is 0.849. The molecule has 1 atom stereocenters. The summed E-state index contributed by atoms with van der Waals surface area (Å²) in [7, 11) is 1.66. The van der Waals surface area contributed by atoms with Crippen LogP contribution < -0.4 is 10.6 Å². The Morgan fingerprint density at radius 3 is 2.93 bits per heavy atom. The first-order chi connectivity index (χ1) is 6.65. The lowest BCUT2D eigenvalue weighted by Gasteiger charge is -2.10. The van der Waals surface area contributed by atoms with Gasteiger partial charge < -0.3 is 10.6 Å². The Kier molecular flexibility index (Phi) is 3.53. The van der Waals surface area contributed by atoms with Crippen LogP contribution in [0.3, 0.4) is 0 Å². The third-order valence-corrected chi connectivity index (χ3v) is 1.86. The van der Waals surface area contributed by atoms with Crippen LogP contribution in [0.5, 0.6) is 0 Å². The van der Waals surface area contributed by atoms with E-state index in [0.29, 0.717) is 0 Å². The smallest absolute Gasteiger partial charge is 0.241 e. The Morgan fingerprint density at radius 2 is 2.36 bits per heavy atom. The molecule has 0 aliphatic carbocycles. The molecular formula is C9H12FN3O. The van der Waals surface area contributed by atoms with Crippen LogP contribution in [0, 0.1) is 5.82 Å². The van der Waals surface area contributed by atoms with Crippen LogP contribution in [0.4, 0.5) is 10.1 Å². The molecular weight excluding hydrogens is 185 g/mol. The van der Waals surface area contributed by atoms with Crippen molar-refractivity contribution in [1.82, 2.24) is 10.3 Å². The number of carbonyl (C=O) groups is 1. The highest BCUT2D eigenvalue weighted by molar-refractivity contribution is 5.94. The number of amides is 1. The van der Waals surface area contributed by atoms with Crippen molar-refractivity contribution in [2.45, 2.75) is 13.0 Å². The van der Waals surface area contributed by atoms with Gasteiger partial charge in [0.1, 0.15) is 0 Å². The lowest BCUT2D eigenvalue weighted by atomic mass is 10.3. The number of halogens is 1. The molecule has 0 saturated heterocycles. The largest absolute Gasteiger partial charge is 0.322 e. The zero-order valence-electron chi connectivity index (χ0n) is 8.04. The van der Waals surface area contributed by atoms with Gasteiger partial charge in [0.15, 0.2) is 5.82 Å². The summed E-state index contributed by atoms with van der Waals surface area (Å²) in [5.74, 6) is -0.818. The summed E-state index contributed by atoms with van der Waals surface area (Å²) >= 11 is 0. The summed E-state index contributed by atoms with van der Waals surface area (Å²) in [5, 5.41) is 5.20. The summed E-state index contributed by atoms with van der Waals surface area (Å²) in [5.41, 5.74) is 0.145. The van der Waals surface area contributed by atoms with Gasteiger partial charge in [-0.25, -0.2) is 4.39 Å². The molecule has 14 heavy (non-hydrogen) atoms. The molecule has 1 aromatic rings. The van der Waals surface area contributed by atoms with E-state index in [1.807, 2.05) is 0 Å². The number of hydrogen-bond donors (Lipinski definition) is 2. The minimum atomic E-state index is -0.538. The maximum atomic E-state index is 13.0. The van der Waals surface area contributed by atoms with Crippen LogP contribution in [0.25, 0.3) is 0 Å². The van der Waals surface area contributed by atoms with Gasteiger partial charge in [-0.1, -0.05) is 0 Å². The summed E-state index contributed by atoms with van der Waals surface area (Å²) in [6.45, 7) is 1.69. The Hall–Kier alpha value is -1.49. The average Bonchev–Trinajstić information content (AvgIpc) is 2.20. The van der Waals surface area contributed by atoms with E-state index >= 15 is 0 Å². The molecule has 0 radical (unpaired) electrons. The molecule has 1 heterocycles. The highest BCUT2D eigenvalue weighted by atomic mass is 19.1. The number of anilines is 1. The van der Waals surface area contributed by atoms with Crippen LogP contribution in [0.1, 0.15) is 6.92 Å². The molecule has 0 aliphatic rings. The van der Waals surface area contributed by atoms with Crippen molar-refractivity contribution >= 4 is 11.6 Å². The van der Waals surface area contributed by atoms with Gasteiger partial charge in [0.05, 0.1) is 17.9 Å². The SMILES string of the molecule is CNC(C)C(=O)Nc1ccncc1F. The van der Waals surface area contributed by atoms with E-state index in [4.69, 9.17) is 0 Å². The van der Waals surface area contributed by atoms with Crippen LogP contribution >= 0.6 is 0 Å². The van der Waals surface area contributed by atoms with Gasteiger partial charge in [0, 0.05) is 6.20 Å². The first kappa shape index (κ1) is 10.6. The molecule has 0 spiro atoms. The molecule has 0 saturated carbocycles. The molecule has 76 valence electrons. The van der Waals surface area contributed by atoms with E-state index in [1.54, 1.807) is 14.0 Å². The summed E-state index contributed by atoms with van der Waals surface area (Å²) in [4.78, 5) is 14.9. The second kappa shape index (κ2) is 4.66. The quantitative estimate of drug-likeness (QED) is 0.752. The predicted octanol–water partition coefficient (Wildman–Crippen LogP) is 0.767. The minimum absolute atomic E-state index is 0.145. The van der Waals surface area contributed by atoms with Gasteiger partial charge in [0.25, 0.3) is 0 Å². The third-order valence-electron chi connectivity index (χ3n) is 1.86. The Labute approximate surface area is 81.5 Å². The number of nitrogens with zero attached hydrogens (tertiary/aromatic N) is 1. The van der Waals surface area contributed by atoms with Gasteiger partial charge in [0.2, 0.25) is 5.91 Å². The zero-order valence-corrected chi connectivity index (χ0v) is 8.04. The second-order valence-corrected chi connectivity index (χ2v) is 2.86. The van der Waals surface area contributed by atoms with E-state index in [0.717, 1.165) is 6.20 Å². The number of nitrogens with one attached hydrogen (secondary N) is 2. The van der Waals surface area contributed by atoms with Gasteiger partial charge >= 0.3 is 0 Å². The number of likely N-dealkylation sites (N-methyl/N-ethyl adjacent to an activating group) is 1. The van der Waals surface area contributed by atoms with Crippen LogP contribution in [-0.4, -0.2) is 24.0 Å². The number of pyridine rings is 1. The van der Waals surface area contributed by atoms with Crippen LogP contribution in [0.15, 0.2) is 18.5 Å². The van der Waals surface area contributed by atoms with Crippen molar-refractivity contribution in [1.29, 1.82) is 0 Å². The maximum absolute atomic E-state index is 13.0. The predicted molar refractivity (Wildman–Crippen MR) is 51.3 cm³/mol. The molecule has 1 aromatic heterocycles. The highest BCUT2D eigenvalue weighted by Gasteiger charge is 2.11. The number of rotatable bonds is 3. The molecule has 0 fully saturated rings. The van der Waals surface area contributed by atoms with Crippen molar-refractivity contribution in [3.05, 3.63) is 24.3 Å². The normalized spacial score (nSPS) is 12.2. The van der Waals surface area contributed by atoms with Crippen molar-refractivity contribution < 1.29 is 9.18 Å². The summed E-state index contributed by atoms with van der Waals surface area (Å²) in [6.07, 6.45) is 2.47. The van der Waals surface area contributed by atoms with Crippen molar-refractivity contribution in [3.8, 4) is 0 Å². The first-order valence-corrected chi connectivity index (χ1v) is 4.22. The molecule has 4 nitrogen and oxygen atoms in total.